The third-order valence-corrected chi connectivity index (χ3v) is 5.18. The van der Waals surface area contributed by atoms with Crippen LogP contribution >= 0.6 is 11.3 Å². The van der Waals surface area contributed by atoms with Crippen molar-refractivity contribution in [2.24, 2.45) is 0 Å². The Bertz CT molecular complexity index is 1150. The summed E-state index contributed by atoms with van der Waals surface area (Å²) in [7, 11) is 0. The Kier molecular flexibility index (Phi) is 5.35. The van der Waals surface area contributed by atoms with E-state index in [2.05, 4.69) is 20.6 Å². The molecule has 29 heavy (non-hydrogen) atoms. The molecule has 2 amide bonds. The number of pyridine rings is 1. The van der Waals surface area contributed by atoms with Crippen molar-refractivity contribution in [2.45, 2.75) is 13.8 Å². The van der Waals surface area contributed by atoms with Crippen LogP contribution in [0.25, 0.3) is 22.4 Å². The van der Waals surface area contributed by atoms with Crippen LogP contribution in [0.1, 0.15) is 10.7 Å². The molecule has 0 radical (unpaired) electrons. The van der Waals surface area contributed by atoms with Crippen LogP contribution in [-0.2, 0) is 0 Å². The van der Waals surface area contributed by atoms with Crippen molar-refractivity contribution in [3.8, 4) is 22.4 Å². The molecule has 144 valence electrons. The molecule has 6 heteroatoms. The summed E-state index contributed by atoms with van der Waals surface area (Å²) >= 11 is 1.61. The van der Waals surface area contributed by atoms with Crippen LogP contribution < -0.4 is 10.6 Å². The van der Waals surface area contributed by atoms with Crippen molar-refractivity contribution in [3.05, 3.63) is 82.9 Å². The standard InChI is InChI=1S/C23H20N4OS/c1-15-12-18(10-11-24-15)17-6-8-20(9-7-17)26-23(28)27-21-5-3-4-19(13-21)22-14-29-16(2)25-22/h3-14H,1-2H3,(H2,26,27,28). The summed E-state index contributed by atoms with van der Waals surface area (Å²) in [6.45, 7) is 3.94. The molecule has 0 aliphatic rings. The van der Waals surface area contributed by atoms with Crippen LogP contribution in [-0.4, -0.2) is 16.0 Å². The molecule has 0 aliphatic heterocycles. The normalized spacial score (nSPS) is 10.6. The van der Waals surface area contributed by atoms with Gasteiger partial charge < -0.3 is 10.6 Å². The highest BCUT2D eigenvalue weighted by Crippen LogP contribution is 2.25. The molecule has 5 nitrogen and oxygen atoms in total. The van der Waals surface area contributed by atoms with Crippen LogP contribution in [0, 0.1) is 13.8 Å². The highest BCUT2D eigenvalue weighted by Gasteiger charge is 2.07. The molecule has 0 atom stereocenters. The Balaban J connectivity index is 1.42. The summed E-state index contributed by atoms with van der Waals surface area (Å²) in [6.07, 6.45) is 1.80. The Labute approximate surface area is 173 Å². The minimum atomic E-state index is -0.288. The molecule has 2 N–H and O–H groups in total. The fraction of sp³-hybridized carbons (Fsp3) is 0.0870. The van der Waals surface area contributed by atoms with Gasteiger partial charge in [-0.15, -0.1) is 11.3 Å². The van der Waals surface area contributed by atoms with Crippen LogP contribution in [0.2, 0.25) is 0 Å². The molecule has 0 unspecified atom stereocenters. The first kappa shape index (κ1) is 18.8. The molecule has 0 bridgehead atoms. The molecule has 2 aromatic carbocycles. The van der Waals surface area contributed by atoms with Gasteiger partial charge in [-0.25, -0.2) is 9.78 Å². The topological polar surface area (TPSA) is 66.9 Å². The second kappa shape index (κ2) is 8.24. The molecule has 0 spiro atoms. The zero-order chi connectivity index (χ0) is 20.2. The van der Waals surface area contributed by atoms with Gasteiger partial charge in [0.1, 0.15) is 0 Å². The van der Waals surface area contributed by atoms with Gasteiger partial charge in [0.2, 0.25) is 0 Å². The van der Waals surface area contributed by atoms with E-state index in [1.54, 1.807) is 17.5 Å². The van der Waals surface area contributed by atoms with Gasteiger partial charge in [-0.05, 0) is 61.4 Å². The van der Waals surface area contributed by atoms with E-state index in [1.807, 2.05) is 79.9 Å². The second-order valence-electron chi connectivity index (χ2n) is 6.67. The van der Waals surface area contributed by atoms with Gasteiger partial charge in [0, 0.05) is 34.2 Å². The van der Waals surface area contributed by atoms with Crippen LogP contribution in [0.5, 0.6) is 0 Å². The van der Waals surface area contributed by atoms with Crippen molar-refractivity contribution in [1.29, 1.82) is 0 Å². The molecule has 0 fully saturated rings. The number of nitrogens with zero attached hydrogens (tertiary/aromatic N) is 2. The van der Waals surface area contributed by atoms with Gasteiger partial charge in [0.15, 0.2) is 0 Å². The number of nitrogens with one attached hydrogen (secondary N) is 2. The Morgan fingerprint density at radius 2 is 1.66 bits per heavy atom. The van der Waals surface area contributed by atoms with Crippen LogP contribution in [0.15, 0.2) is 72.2 Å². The smallest absolute Gasteiger partial charge is 0.308 e. The lowest BCUT2D eigenvalue weighted by atomic mass is 10.1. The number of urea groups is 1. The third kappa shape index (κ3) is 4.67. The summed E-state index contributed by atoms with van der Waals surface area (Å²) < 4.78 is 0. The molecule has 2 heterocycles. The van der Waals surface area contributed by atoms with E-state index in [9.17, 15) is 4.79 Å². The van der Waals surface area contributed by atoms with Gasteiger partial charge in [0.25, 0.3) is 0 Å². The Morgan fingerprint density at radius 1 is 0.862 bits per heavy atom. The lowest BCUT2D eigenvalue weighted by Crippen LogP contribution is -2.19. The number of anilines is 2. The van der Waals surface area contributed by atoms with Crippen LogP contribution in [0.3, 0.4) is 0 Å². The summed E-state index contributed by atoms with van der Waals surface area (Å²) in [5.41, 5.74) is 6.48. The second-order valence-corrected chi connectivity index (χ2v) is 7.74. The molecule has 4 aromatic rings. The fourth-order valence-electron chi connectivity index (χ4n) is 3.02. The predicted octanol–water partition coefficient (Wildman–Crippen LogP) is 6.13. The largest absolute Gasteiger partial charge is 0.323 e. The van der Waals surface area contributed by atoms with Crippen molar-refractivity contribution in [3.63, 3.8) is 0 Å². The SMILES string of the molecule is Cc1cc(-c2ccc(NC(=O)Nc3cccc(-c4csc(C)n4)c3)cc2)ccn1. The van der Waals surface area contributed by atoms with Gasteiger partial charge in [-0.1, -0.05) is 24.3 Å². The molecule has 0 saturated carbocycles. The zero-order valence-electron chi connectivity index (χ0n) is 16.1. The zero-order valence-corrected chi connectivity index (χ0v) is 17.0. The van der Waals surface area contributed by atoms with E-state index in [0.29, 0.717) is 0 Å². The molecule has 0 aliphatic carbocycles. The maximum Gasteiger partial charge on any atom is 0.323 e. The van der Waals surface area contributed by atoms with E-state index < -0.39 is 0 Å². The lowest BCUT2D eigenvalue weighted by molar-refractivity contribution is 0.262. The number of aromatic nitrogens is 2. The predicted molar refractivity (Wildman–Crippen MR) is 119 cm³/mol. The van der Waals surface area contributed by atoms with E-state index in [1.165, 1.54) is 0 Å². The fourth-order valence-corrected chi connectivity index (χ4v) is 3.64. The van der Waals surface area contributed by atoms with Crippen molar-refractivity contribution < 1.29 is 4.79 Å². The van der Waals surface area contributed by atoms with E-state index in [-0.39, 0.29) is 6.03 Å². The number of hydrogen-bond donors (Lipinski definition) is 2. The third-order valence-electron chi connectivity index (χ3n) is 4.41. The van der Waals surface area contributed by atoms with Crippen LogP contribution in [0.4, 0.5) is 16.2 Å². The maximum absolute atomic E-state index is 12.4. The van der Waals surface area contributed by atoms with Crippen molar-refractivity contribution >= 4 is 28.7 Å². The molecule has 4 rings (SSSR count). The molecular weight excluding hydrogens is 380 g/mol. The summed E-state index contributed by atoms with van der Waals surface area (Å²) in [6, 6.07) is 19.1. The number of hydrogen-bond acceptors (Lipinski definition) is 4. The first-order chi connectivity index (χ1) is 14.1. The maximum atomic E-state index is 12.4. The van der Waals surface area contributed by atoms with Gasteiger partial charge >= 0.3 is 6.03 Å². The average Bonchev–Trinajstić information content (AvgIpc) is 3.15. The number of rotatable bonds is 4. The molecule has 0 saturated heterocycles. The van der Waals surface area contributed by atoms with Crippen molar-refractivity contribution in [2.75, 3.05) is 10.6 Å². The highest BCUT2D eigenvalue weighted by atomic mass is 32.1. The minimum Gasteiger partial charge on any atom is -0.308 e. The van der Waals surface area contributed by atoms with E-state index in [4.69, 9.17) is 0 Å². The number of carbonyl (C=O) groups excluding carboxylic acids is 1. The van der Waals surface area contributed by atoms with Gasteiger partial charge in [-0.3, -0.25) is 4.98 Å². The Morgan fingerprint density at radius 3 is 2.38 bits per heavy atom. The van der Waals surface area contributed by atoms with Gasteiger partial charge in [-0.2, -0.15) is 0 Å². The summed E-state index contributed by atoms with van der Waals surface area (Å²) in [4.78, 5) is 21.1. The monoisotopic (exact) mass is 400 g/mol. The molecular formula is C23H20N4OS. The molecule has 2 aromatic heterocycles. The quantitative estimate of drug-likeness (QED) is 0.433. The minimum absolute atomic E-state index is 0.288. The number of carbonyl (C=O) groups is 1. The lowest BCUT2D eigenvalue weighted by Gasteiger charge is -2.09. The Hall–Kier alpha value is -3.51. The number of thiazole rings is 1. The van der Waals surface area contributed by atoms with E-state index >= 15 is 0 Å². The number of amides is 2. The van der Waals surface area contributed by atoms with E-state index in [0.717, 1.165) is 44.5 Å². The van der Waals surface area contributed by atoms with Gasteiger partial charge in [0.05, 0.1) is 10.7 Å². The van der Waals surface area contributed by atoms with Crippen molar-refractivity contribution in [1.82, 2.24) is 9.97 Å². The summed E-state index contributed by atoms with van der Waals surface area (Å²) in [5, 5.41) is 8.78. The first-order valence-electron chi connectivity index (χ1n) is 9.20. The highest BCUT2D eigenvalue weighted by molar-refractivity contribution is 7.09. The number of aryl methyl sites for hydroxylation is 2. The average molecular weight is 401 g/mol. The first-order valence-corrected chi connectivity index (χ1v) is 10.1. The number of benzene rings is 2. The summed E-state index contributed by atoms with van der Waals surface area (Å²) in [5.74, 6) is 0.